The normalized spacial score (nSPS) is 28.6. The van der Waals surface area contributed by atoms with Crippen LogP contribution in [-0.2, 0) is 4.74 Å². The second kappa shape index (κ2) is 6.30. The van der Waals surface area contributed by atoms with Crippen LogP contribution in [0, 0.1) is 0 Å². The number of rotatable bonds is 4. The van der Waals surface area contributed by atoms with Crippen molar-refractivity contribution in [3.8, 4) is 0 Å². The van der Waals surface area contributed by atoms with Gasteiger partial charge in [-0.2, -0.15) is 0 Å². The van der Waals surface area contributed by atoms with E-state index in [0.29, 0.717) is 22.1 Å². The van der Waals surface area contributed by atoms with Crippen LogP contribution < -0.4 is 0 Å². The number of aliphatic hydroxyl groups is 3. The summed E-state index contributed by atoms with van der Waals surface area (Å²) in [7, 11) is 0. The van der Waals surface area contributed by atoms with Crippen molar-refractivity contribution in [2.75, 3.05) is 19.1 Å². The van der Waals surface area contributed by atoms with E-state index in [1.165, 1.54) is 23.5 Å². The highest BCUT2D eigenvalue weighted by Crippen LogP contribution is 2.34. The van der Waals surface area contributed by atoms with Crippen molar-refractivity contribution in [1.29, 1.82) is 0 Å². The minimum absolute atomic E-state index is 0.361. The monoisotopic (exact) mass is 344 g/mol. The van der Waals surface area contributed by atoms with Crippen LogP contribution in [0.25, 0.3) is 11.2 Å². The van der Waals surface area contributed by atoms with Gasteiger partial charge in [-0.25, -0.2) is 15.0 Å². The Kier molecular flexibility index (Phi) is 4.57. The third-order valence-electron chi connectivity index (χ3n) is 3.50. The molecule has 8 nitrogen and oxygen atoms in total. The maximum Gasteiger partial charge on any atom is 0.190 e. The van der Waals surface area contributed by atoms with Gasteiger partial charge in [-0.15, -0.1) is 11.8 Å². The van der Waals surface area contributed by atoms with Crippen molar-refractivity contribution in [3.63, 3.8) is 0 Å². The van der Waals surface area contributed by atoms with E-state index in [4.69, 9.17) is 9.84 Å². The molecule has 1 saturated heterocycles. The smallest absolute Gasteiger partial charge is 0.190 e. The second-order valence-corrected chi connectivity index (χ2v) is 6.37. The number of aliphatic hydroxyl groups excluding tert-OH is 3. The van der Waals surface area contributed by atoms with Gasteiger partial charge >= 0.3 is 0 Å². The Labute approximate surface area is 134 Å². The van der Waals surface area contributed by atoms with Crippen LogP contribution in [0.2, 0.25) is 0 Å². The Balaban J connectivity index is 2.02. The van der Waals surface area contributed by atoms with Crippen LogP contribution in [0.4, 0.5) is 0 Å². The fraction of sp³-hybridized carbons (Fsp3) is 0.583. The summed E-state index contributed by atoms with van der Waals surface area (Å²) in [5.41, 5.74) is 1.15. The summed E-state index contributed by atoms with van der Waals surface area (Å²) >= 11 is 2.88. The first-order chi connectivity index (χ1) is 10.6. The molecule has 0 amide bonds. The number of imidazole rings is 1. The average Bonchev–Trinajstić information content (AvgIpc) is 3.08. The van der Waals surface area contributed by atoms with Gasteiger partial charge < -0.3 is 25.0 Å². The van der Waals surface area contributed by atoms with Crippen molar-refractivity contribution < 1.29 is 20.1 Å². The number of fused-ring (bicyclic) bond motifs is 1. The lowest BCUT2D eigenvalue weighted by Gasteiger charge is -2.11. The molecule has 120 valence electrons. The Morgan fingerprint density at radius 2 is 1.91 bits per heavy atom. The molecule has 2 aromatic rings. The molecule has 0 bridgehead atoms. The van der Waals surface area contributed by atoms with Gasteiger partial charge in [0, 0.05) is 0 Å². The van der Waals surface area contributed by atoms with Crippen LogP contribution in [0.5, 0.6) is 0 Å². The predicted octanol–water partition coefficient (Wildman–Crippen LogP) is -0.0493. The number of H-pyrrole nitrogens is 1. The quantitative estimate of drug-likeness (QED) is 0.343. The standard InChI is InChI=1S/C12H16N4O4S2/c1-21-11-5-9(15-12(16-11)22-2)14-10(13-5)8-7(19)6(18)4(3-17)20-8/h4,6-8,17-19H,3H2,1-2H3,(H,13,14,15,16)/t4-,6-,7-,8?/m1/s1. The number of aromatic nitrogens is 4. The van der Waals surface area contributed by atoms with E-state index in [1.54, 1.807) is 0 Å². The summed E-state index contributed by atoms with van der Waals surface area (Å²) in [6.45, 7) is -0.374. The lowest BCUT2D eigenvalue weighted by atomic mass is 10.1. The fourth-order valence-electron chi connectivity index (χ4n) is 2.37. The molecule has 0 spiro atoms. The SMILES string of the molecule is CSc1nc(SC)c2[nH]c(C3O[C@H](CO)[C@@H](O)[C@H]3O)nc2n1. The first-order valence-electron chi connectivity index (χ1n) is 6.57. The maximum atomic E-state index is 10.1. The van der Waals surface area contributed by atoms with Gasteiger partial charge in [-0.05, 0) is 12.5 Å². The van der Waals surface area contributed by atoms with Crippen LogP contribution in [0.15, 0.2) is 10.2 Å². The molecule has 4 atom stereocenters. The Morgan fingerprint density at radius 3 is 2.50 bits per heavy atom. The Bertz CT molecular complexity index is 682. The molecule has 3 rings (SSSR count). The number of nitrogens with zero attached hydrogens (tertiary/aromatic N) is 3. The first kappa shape index (κ1) is 16.0. The van der Waals surface area contributed by atoms with Gasteiger partial charge in [0.05, 0.1) is 6.61 Å². The van der Waals surface area contributed by atoms with Gasteiger partial charge in [0.15, 0.2) is 10.8 Å². The lowest BCUT2D eigenvalue weighted by molar-refractivity contribution is -0.0249. The van der Waals surface area contributed by atoms with E-state index in [1.807, 2.05) is 12.5 Å². The summed E-state index contributed by atoms with van der Waals surface area (Å²) < 4.78 is 5.48. The molecular weight excluding hydrogens is 328 g/mol. The first-order valence-corrected chi connectivity index (χ1v) is 9.02. The summed E-state index contributed by atoms with van der Waals surface area (Å²) in [4.78, 5) is 16.1. The fourth-order valence-corrected chi connectivity index (χ4v) is 3.31. The number of hydrogen-bond donors (Lipinski definition) is 4. The van der Waals surface area contributed by atoms with Crippen LogP contribution >= 0.6 is 23.5 Å². The molecule has 10 heteroatoms. The highest BCUT2D eigenvalue weighted by molar-refractivity contribution is 7.99. The van der Waals surface area contributed by atoms with E-state index >= 15 is 0 Å². The minimum atomic E-state index is -1.16. The van der Waals surface area contributed by atoms with Crippen LogP contribution in [-0.4, -0.2) is 72.7 Å². The van der Waals surface area contributed by atoms with Crippen molar-refractivity contribution >= 4 is 34.7 Å². The molecule has 0 aliphatic carbocycles. The molecular formula is C12H16N4O4S2. The van der Waals surface area contributed by atoms with E-state index in [2.05, 4.69) is 19.9 Å². The highest BCUT2D eigenvalue weighted by Gasteiger charge is 2.44. The number of hydrogen-bond acceptors (Lipinski definition) is 9. The molecule has 0 radical (unpaired) electrons. The zero-order valence-corrected chi connectivity index (χ0v) is 13.6. The third kappa shape index (κ3) is 2.59. The van der Waals surface area contributed by atoms with E-state index in [9.17, 15) is 10.2 Å². The molecule has 4 N–H and O–H groups in total. The van der Waals surface area contributed by atoms with Gasteiger partial charge in [0.2, 0.25) is 0 Å². The predicted molar refractivity (Wildman–Crippen MR) is 82.0 cm³/mol. The average molecular weight is 344 g/mol. The van der Waals surface area contributed by atoms with Crippen LogP contribution in [0.3, 0.4) is 0 Å². The van der Waals surface area contributed by atoms with Gasteiger partial charge in [0.1, 0.15) is 40.8 Å². The second-order valence-electron chi connectivity index (χ2n) is 4.80. The summed E-state index contributed by atoms with van der Waals surface area (Å²) in [6, 6.07) is 0. The minimum Gasteiger partial charge on any atom is -0.394 e. The largest absolute Gasteiger partial charge is 0.394 e. The number of thioether (sulfide) groups is 2. The Morgan fingerprint density at radius 1 is 1.14 bits per heavy atom. The molecule has 1 unspecified atom stereocenters. The van der Waals surface area contributed by atoms with Gasteiger partial charge in [-0.1, -0.05) is 11.8 Å². The summed E-state index contributed by atoms with van der Waals surface area (Å²) in [5.74, 6) is 0.361. The summed E-state index contributed by atoms with van der Waals surface area (Å²) in [5, 5.41) is 30.4. The topological polar surface area (TPSA) is 124 Å². The van der Waals surface area contributed by atoms with Crippen LogP contribution in [0.1, 0.15) is 11.9 Å². The third-order valence-corrected chi connectivity index (χ3v) is 4.73. The highest BCUT2D eigenvalue weighted by atomic mass is 32.2. The zero-order valence-electron chi connectivity index (χ0n) is 11.9. The molecule has 2 aromatic heterocycles. The molecule has 22 heavy (non-hydrogen) atoms. The van der Waals surface area contributed by atoms with E-state index < -0.39 is 24.4 Å². The van der Waals surface area contributed by atoms with E-state index in [0.717, 1.165) is 5.03 Å². The van der Waals surface area contributed by atoms with Crippen molar-refractivity contribution in [3.05, 3.63) is 5.82 Å². The van der Waals surface area contributed by atoms with Gasteiger partial charge in [0.25, 0.3) is 0 Å². The zero-order chi connectivity index (χ0) is 15.9. The van der Waals surface area contributed by atoms with Crippen molar-refractivity contribution in [2.24, 2.45) is 0 Å². The number of ether oxygens (including phenoxy) is 1. The van der Waals surface area contributed by atoms with Crippen molar-refractivity contribution in [2.45, 2.75) is 34.6 Å². The number of nitrogens with one attached hydrogen (secondary N) is 1. The molecule has 0 aromatic carbocycles. The Hall–Kier alpha value is -0.910. The summed E-state index contributed by atoms with van der Waals surface area (Å²) in [6.07, 6.45) is -0.210. The molecule has 1 fully saturated rings. The molecule has 0 saturated carbocycles. The maximum absolute atomic E-state index is 10.1. The number of aromatic amines is 1. The molecule has 1 aliphatic heterocycles. The van der Waals surface area contributed by atoms with E-state index in [-0.39, 0.29) is 6.61 Å². The molecule has 3 heterocycles. The molecule has 1 aliphatic rings. The lowest BCUT2D eigenvalue weighted by Crippen LogP contribution is -2.32. The van der Waals surface area contributed by atoms with Crippen molar-refractivity contribution in [1.82, 2.24) is 19.9 Å². The van der Waals surface area contributed by atoms with Gasteiger partial charge in [-0.3, -0.25) is 0 Å².